The number of nitrogens with zero attached hydrogens (tertiary/aromatic N) is 1. The van der Waals surface area contributed by atoms with Crippen LogP contribution in [-0.2, 0) is 5.75 Å². The van der Waals surface area contributed by atoms with E-state index in [0.717, 1.165) is 15.8 Å². The molecule has 0 unspecified atom stereocenters. The van der Waals surface area contributed by atoms with E-state index in [9.17, 15) is 0 Å². The van der Waals surface area contributed by atoms with Crippen LogP contribution in [0.25, 0.3) is 0 Å². The smallest absolute Gasteiger partial charge is 0.150 e. The average molecular weight is 249 g/mol. The summed E-state index contributed by atoms with van der Waals surface area (Å²) < 4.78 is 1.16. The van der Waals surface area contributed by atoms with Crippen molar-refractivity contribution in [3.63, 3.8) is 0 Å². The summed E-state index contributed by atoms with van der Waals surface area (Å²) in [4.78, 5) is 4.45. The van der Waals surface area contributed by atoms with Gasteiger partial charge in [0.2, 0.25) is 0 Å². The molecule has 0 atom stereocenters. The molecule has 16 heavy (non-hydrogen) atoms. The number of aromatic nitrogens is 1. The van der Waals surface area contributed by atoms with Crippen molar-refractivity contribution >= 4 is 23.1 Å². The van der Waals surface area contributed by atoms with Gasteiger partial charge in [-0.15, -0.1) is 11.3 Å². The van der Waals surface area contributed by atoms with Gasteiger partial charge in [0.25, 0.3) is 0 Å². The monoisotopic (exact) mass is 249 g/mol. The molecule has 0 amide bonds. The Morgan fingerprint density at radius 2 is 1.81 bits per heavy atom. The van der Waals surface area contributed by atoms with E-state index < -0.39 is 0 Å². The van der Waals surface area contributed by atoms with Gasteiger partial charge in [0.05, 0.1) is 0 Å². The van der Waals surface area contributed by atoms with Crippen LogP contribution in [0.5, 0.6) is 0 Å². The first-order valence-corrected chi connectivity index (χ1v) is 7.12. The summed E-state index contributed by atoms with van der Waals surface area (Å²) in [5, 5.41) is 2.10. The molecule has 0 saturated heterocycles. The Balaban J connectivity index is 2.04. The molecule has 0 aliphatic rings. The van der Waals surface area contributed by atoms with Crippen molar-refractivity contribution in [1.82, 2.24) is 4.98 Å². The molecule has 2 rings (SSSR count). The predicted molar refractivity (Wildman–Crippen MR) is 72.3 cm³/mol. The Morgan fingerprint density at radius 1 is 1.12 bits per heavy atom. The van der Waals surface area contributed by atoms with Gasteiger partial charge >= 0.3 is 0 Å². The summed E-state index contributed by atoms with van der Waals surface area (Å²) in [7, 11) is 0. The van der Waals surface area contributed by atoms with Crippen LogP contribution in [0, 0.1) is 20.8 Å². The predicted octanol–water partition coefficient (Wildman–Crippen LogP) is 4.36. The van der Waals surface area contributed by atoms with Gasteiger partial charge in [-0.05, 0) is 26.3 Å². The van der Waals surface area contributed by atoms with Crippen molar-refractivity contribution in [3.05, 3.63) is 46.0 Å². The van der Waals surface area contributed by atoms with E-state index in [-0.39, 0.29) is 0 Å². The van der Waals surface area contributed by atoms with Gasteiger partial charge in [0.15, 0.2) is 0 Å². The van der Waals surface area contributed by atoms with E-state index in [1.54, 1.807) is 11.3 Å². The highest BCUT2D eigenvalue weighted by Crippen LogP contribution is 2.26. The van der Waals surface area contributed by atoms with Crippen LogP contribution in [-0.4, -0.2) is 4.98 Å². The minimum atomic E-state index is 1.01. The summed E-state index contributed by atoms with van der Waals surface area (Å²) in [5.74, 6) is 1.01. The molecule has 1 aromatic heterocycles. The lowest BCUT2D eigenvalue weighted by Crippen LogP contribution is -1.85. The van der Waals surface area contributed by atoms with Crippen molar-refractivity contribution in [3.8, 4) is 0 Å². The first-order valence-electron chi connectivity index (χ1n) is 5.25. The second kappa shape index (κ2) is 5.02. The highest BCUT2D eigenvalue weighted by Gasteiger charge is 2.01. The molecule has 0 spiro atoms. The normalized spacial score (nSPS) is 10.7. The summed E-state index contributed by atoms with van der Waals surface area (Å²) in [6.45, 7) is 6.33. The van der Waals surface area contributed by atoms with Crippen molar-refractivity contribution in [2.45, 2.75) is 30.9 Å². The van der Waals surface area contributed by atoms with Crippen LogP contribution < -0.4 is 0 Å². The summed E-state index contributed by atoms with van der Waals surface area (Å²) >= 11 is 3.55. The van der Waals surface area contributed by atoms with Crippen molar-refractivity contribution in [2.24, 2.45) is 0 Å². The molecule has 84 valence electrons. The zero-order valence-electron chi connectivity index (χ0n) is 9.78. The fourth-order valence-corrected chi connectivity index (χ4v) is 3.48. The topological polar surface area (TPSA) is 12.9 Å². The average Bonchev–Trinajstić information content (AvgIpc) is 2.60. The maximum Gasteiger partial charge on any atom is 0.150 e. The third kappa shape index (κ3) is 3.09. The van der Waals surface area contributed by atoms with Crippen molar-refractivity contribution in [2.75, 3.05) is 0 Å². The van der Waals surface area contributed by atoms with Crippen LogP contribution in [0.1, 0.15) is 22.4 Å². The molecule has 2 aromatic rings. The third-order valence-electron chi connectivity index (χ3n) is 2.24. The standard InChI is InChI=1S/C13H15NS2/c1-9-4-10(2)6-12(5-9)8-16-13-14-11(3)7-15-13/h4-7H,8H2,1-3H3. The van der Waals surface area contributed by atoms with Crippen LogP contribution in [0.15, 0.2) is 27.9 Å². The van der Waals surface area contributed by atoms with Crippen LogP contribution in [0.4, 0.5) is 0 Å². The van der Waals surface area contributed by atoms with E-state index in [1.807, 2.05) is 18.7 Å². The third-order valence-corrected chi connectivity index (χ3v) is 4.45. The van der Waals surface area contributed by atoms with Gasteiger partial charge in [-0.2, -0.15) is 0 Å². The highest BCUT2D eigenvalue weighted by molar-refractivity contribution is 8.00. The zero-order valence-corrected chi connectivity index (χ0v) is 11.4. The van der Waals surface area contributed by atoms with Gasteiger partial charge in [0, 0.05) is 16.8 Å². The lowest BCUT2D eigenvalue weighted by Gasteiger charge is -2.03. The number of hydrogen-bond acceptors (Lipinski definition) is 3. The van der Waals surface area contributed by atoms with E-state index in [0.29, 0.717) is 0 Å². The van der Waals surface area contributed by atoms with Crippen LogP contribution in [0.3, 0.4) is 0 Å². The SMILES string of the molecule is Cc1cc(C)cc(CSc2nc(C)cs2)c1. The van der Waals surface area contributed by atoms with Crippen molar-refractivity contribution in [1.29, 1.82) is 0 Å². The molecule has 0 aliphatic carbocycles. The number of benzene rings is 1. The summed E-state index contributed by atoms with van der Waals surface area (Å²) in [5.41, 5.74) is 5.18. The number of hydrogen-bond donors (Lipinski definition) is 0. The van der Waals surface area contributed by atoms with E-state index in [4.69, 9.17) is 0 Å². The van der Waals surface area contributed by atoms with Gasteiger partial charge < -0.3 is 0 Å². The van der Waals surface area contributed by atoms with Crippen LogP contribution in [0.2, 0.25) is 0 Å². The fourth-order valence-electron chi connectivity index (χ4n) is 1.70. The first-order chi connectivity index (χ1) is 7.63. The van der Waals surface area contributed by atoms with Crippen molar-refractivity contribution < 1.29 is 0 Å². The summed E-state index contributed by atoms with van der Waals surface area (Å²) in [6, 6.07) is 6.71. The number of thiazole rings is 1. The van der Waals surface area contributed by atoms with Gasteiger partial charge in [-0.25, -0.2) is 4.98 Å². The second-order valence-corrected chi connectivity index (χ2v) is 6.12. The molecular formula is C13H15NS2. The molecule has 0 saturated carbocycles. The lowest BCUT2D eigenvalue weighted by atomic mass is 10.1. The van der Waals surface area contributed by atoms with E-state index in [1.165, 1.54) is 16.7 Å². The number of thioether (sulfide) groups is 1. The first kappa shape index (κ1) is 11.7. The van der Waals surface area contributed by atoms with Gasteiger partial charge in [-0.3, -0.25) is 0 Å². The van der Waals surface area contributed by atoms with E-state index >= 15 is 0 Å². The van der Waals surface area contributed by atoms with E-state index in [2.05, 4.69) is 42.4 Å². The Kier molecular flexibility index (Phi) is 3.66. The molecule has 0 bridgehead atoms. The number of aryl methyl sites for hydroxylation is 3. The lowest BCUT2D eigenvalue weighted by molar-refractivity contribution is 1.16. The minimum Gasteiger partial charge on any atom is -0.235 e. The molecule has 0 aliphatic heterocycles. The molecule has 0 N–H and O–H groups in total. The Labute approximate surface area is 105 Å². The second-order valence-electron chi connectivity index (χ2n) is 4.04. The quantitative estimate of drug-likeness (QED) is 0.750. The maximum absolute atomic E-state index is 4.45. The molecular weight excluding hydrogens is 234 g/mol. The zero-order chi connectivity index (χ0) is 11.5. The number of rotatable bonds is 3. The molecule has 1 nitrogen and oxygen atoms in total. The Morgan fingerprint density at radius 3 is 2.38 bits per heavy atom. The Bertz CT molecular complexity index is 468. The summed E-state index contributed by atoms with van der Waals surface area (Å²) in [6.07, 6.45) is 0. The Hall–Kier alpha value is -0.800. The molecule has 3 heteroatoms. The largest absolute Gasteiger partial charge is 0.235 e. The van der Waals surface area contributed by atoms with Gasteiger partial charge in [0.1, 0.15) is 4.34 Å². The molecule has 0 fully saturated rings. The molecule has 1 aromatic carbocycles. The van der Waals surface area contributed by atoms with Gasteiger partial charge in [-0.1, -0.05) is 41.1 Å². The fraction of sp³-hybridized carbons (Fsp3) is 0.308. The highest BCUT2D eigenvalue weighted by atomic mass is 32.2. The maximum atomic E-state index is 4.45. The minimum absolute atomic E-state index is 1.01. The molecule has 1 heterocycles. The van der Waals surface area contributed by atoms with Crippen LogP contribution >= 0.6 is 23.1 Å². The molecule has 0 radical (unpaired) electrons.